The number of nitrogens with two attached hydrogens (primary N) is 1. The summed E-state index contributed by atoms with van der Waals surface area (Å²) in [7, 11) is 3.29. The maximum absolute atomic E-state index is 5.79. The number of hydrogen-bond acceptors (Lipinski definition) is 5. The van der Waals surface area contributed by atoms with Crippen LogP contribution in [0, 0.1) is 0 Å². The first kappa shape index (κ1) is 17.3. The lowest BCUT2D eigenvalue weighted by Crippen LogP contribution is -2.09. The number of methoxy groups -OCH3 is 2. The fourth-order valence-corrected chi connectivity index (χ4v) is 2.59. The molecule has 0 spiro atoms. The first-order chi connectivity index (χ1) is 11.2. The quantitative estimate of drug-likeness (QED) is 0.768. The van der Waals surface area contributed by atoms with Crippen LogP contribution < -0.4 is 15.2 Å². The Kier molecular flexibility index (Phi) is 6.40. The molecule has 2 rings (SSSR count). The van der Waals surface area contributed by atoms with Gasteiger partial charge in [-0.05, 0) is 37.0 Å². The zero-order valence-electron chi connectivity index (χ0n) is 14.2. The maximum atomic E-state index is 5.79. The molecule has 6 heteroatoms. The zero-order valence-corrected chi connectivity index (χ0v) is 14.2. The minimum atomic E-state index is 0.424. The molecule has 1 aromatic carbocycles. The molecule has 0 aliphatic rings. The number of aromatic nitrogens is 3. The number of ether oxygens (including phenoxy) is 2. The topological polar surface area (TPSA) is 75.2 Å². The van der Waals surface area contributed by atoms with E-state index in [4.69, 9.17) is 15.2 Å². The molecule has 0 bridgehead atoms. The van der Waals surface area contributed by atoms with Gasteiger partial charge in [-0.25, -0.2) is 4.68 Å². The lowest BCUT2D eigenvalue weighted by Gasteiger charge is -2.10. The average molecular weight is 318 g/mol. The van der Waals surface area contributed by atoms with Crippen LogP contribution in [-0.4, -0.2) is 29.2 Å². The fourth-order valence-electron chi connectivity index (χ4n) is 2.59. The zero-order chi connectivity index (χ0) is 16.7. The summed E-state index contributed by atoms with van der Waals surface area (Å²) in [6.07, 6.45) is 3.97. The number of nitrogens with zero attached hydrogens (tertiary/aromatic N) is 3. The minimum absolute atomic E-state index is 0.424. The van der Waals surface area contributed by atoms with E-state index in [0.717, 1.165) is 55.1 Å². The summed E-state index contributed by atoms with van der Waals surface area (Å²) in [5, 5.41) is 8.44. The van der Waals surface area contributed by atoms with Crippen LogP contribution in [0.3, 0.4) is 0 Å². The molecule has 0 aliphatic carbocycles. The summed E-state index contributed by atoms with van der Waals surface area (Å²) in [6.45, 7) is 3.49. The Morgan fingerprint density at radius 1 is 1.13 bits per heavy atom. The smallest absolute Gasteiger partial charge is 0.160 e. The molecule has 0 amide bonds. The van der Waals surface area contributed by atoms with Gasteiger partial charge in [0, 0.05) is 13.1 Å². The van der Waals surface area contributed by atoms with E-state index in [2.05, 4.69) is 23.3 Å². The largest absolute Gasteiger partial charge is 0.493 e. The summed E-state index contributed by atoms with van der Waals surface area (Å²) in [5.41, 5.74) is 9.01. The van der Waals surface area contributed by atoms with E-state index in [1.54, 1.807) is 14.2 Å². The van der Waals surface area contributed by atoms with Gasteiger partial charge in [-0.1, -0.05) is 24.6 Å². The third kappa shape index (κ3) is 4.22. The lowest BCUT2D eigenvalue weighted by atomic mass is 10.1. The van der Waals surface area contributed by atoms with Gasteiger partial charge in [0.05, 0.1) is 25.6 Å². The Morgan fingerprint density at radius 2 is 1.91 bits per heavy atom. The molecule has 0 saturated carbocycles. The van der Waals surface area contributed by atoms with Crippen molar-refractivity contribution in [2.75, 3.05) is 14.2 Å². The van der Waals surface area contributed by atoms with Crippen LogP contribution >= 0.6 is 0 Å². The highest BCUT2D eigenvalue weighted by atomic mass is 16.5. The first-order valence-corrected chi connectivity index (χ1v) is 8.05. The molecule has 0 atom stereocenters. The van der Waals surface area contributed by atoms with Gasteiger partial charge in [0.2, 0.25) is 0 Å². The molecule has 2 aromatic rings. The number of benzene rings is 1. The summed E-state index contributed by atoms with van der Waals surface area (Å²) in [5.74, 6) is 1.50. The third-order valence-electron chi connectivity index (χ3n) is 3.93. The van der Waals surface area contributed by atoms with Gasteiger partial charge in [-0.3, -0.25) is 0 Å². The van der Waals surface area contributed by atoms with Crippen LogP contribution in [0.15, 0.2) is 18.2 Å². The van der Waals surface area contributed by atoms with Gasteiger partial charge in [0.25, 0.3) is 0 Å². The second-order valence-corrected chi connectivity index (χ2v) is 5.45. The Morgan fingerprint density at radius 3 is 2.57 bits per heavy atom. The summed E-state index contributed by atoms with van der Waals surface area (Å²) in [4.78, 5) is 0. The molecule has 23 heavy (non-hydrogen) atoms. The monoisotopic (exact) mass is 318 g/mol. The number of hydrogen-bond donors (Lipinski definition) is 1. The average Bonchev–Trinajstić information content (AvgIpc) is 2.99. The highest BCUT2D eigenvalue weighted by Gasteiger charge is 2.12. The molecular weight excluding hydrogens is 292 g/mol. The predicted octanol–water partition coefficient (Wildman–Crippen LogP) is 2.34. The Balaban J connectivity index is 2.12. The highest BCUT2D eigenvalue weighted by Crippen LogP contribution is 2.28. The van der Waals surface area contributed by atoms with E-state index in [-0.39, 0.29) is 0 Å². The highest BCUT2D eigenvalue weighted by molar-refractivity contribution is 5.43. The standard InChI is InChI=1S/C17H26N4O2/c1-4-5-10-21-15(14(12-18)19-20-21)8-6-13-7-9-16(22-2)17(11-13)23-3/h7,9,11H,4-6,8,10,12,18H2,1-3H3. The normalized spacial score (nSPS) is 10.8. The second-order valence-electron chi connectivity index (χ2n) is 5.45. The second kappa shape index (κ2) is 8.53. The third-order valence-corrected chi connectivity index (χ3v) is 3.93. The van der Waals surface area contributed by atoms with Crippen LogP contribution in [0.5, 0.6) is 11.5 Å². The van der Waals surface area contributed by atoms with Crippen molar-refractivity contribution in [2.45, 2.75) is 45.7 Å². The maximum Gasteiger partial charge on any atom is 0.160 e. The van der Waals surface area contributed by atoms with Crippen LogP contribution in [0.25, 0.3) is 0 Å². The van der Waals surface area contributed by atoms with Crippen LogP contribution in [0.4, 0.5) is 0 Å². The molecule has 0 saturated heterocycles. The Labute approximate surface area is 137 Å². The van der Waals surface area contributed by atoms with E-state index in [1.165, 1.54) is 5.56 Å². The lowest BCUT2D eigenvalue weighted by molar-refractivity contribution is 0.354. The van der Waals surface area contributed by atoms with Crippen molar-refractivity contribution in [3.63, 3.8) is 0 Å². The summed E-state index contributed by atoms with van der Waals surface area (Å²) < 4.78 is 12.6. The van der Waals surface area contributed by atoms with Gasteiger partial charge in [-0.2, -0.15) is 0 Å². The molecule has 1 aromatic heterocycles. The predicted molar refractivity (Wildman–Crippen MR) is 89.8 cm³/mol. The molecule has 1 heterocycles. The van der Waals surface area contributed by atoms with Crippen molar-refractivity contribution < 1.29 is 9.47 Å². The van der Waals surface area contributed by atoms with E-state index < -0.39 is 0 Å². The number of aryl methyl sites for hydroxylation is 2. The number of unbranched alkanes of at least 4 members (excludes halogenated alkanes) is 1. The van der Waals surface area contributed by atoms with Gasteiger partial charge in [0.1, 0.15) is 0 Å². The van der Waals surface area contributed by atoms with E-state index in [0.29, 0.717) is 6.54 Å². The van der Waals surface area contributed by atoms with Crippen molar-refractivity contribution in [3.05, 3.63) is 35.2 Å². The molecule has 0 unspecified atom stereocenters. The molecule has 0 fully saturated rings. The van der Waals surface area contributed by atoms with Crippen molar-refractivity contribution >= 4 is 0 Å². The first-order valence-electron chi connectivity index (χ1n) is 8.05. The SMILES string of the molecule is CCCCn1nnc(CN)c1CCc1ccc(OC)c(OC)c1. The Bertz CT molecular complexity index is 625. The minimum Gasteiger partial charge on any atom is -0.493 e. The molecule has 126 valence electrons. The van der Waals surface area contributed by atoms with Gasteiger partial charge < -0.3 is 15.2 Å². The molecule has 2 N–H and O–H groups in total. The Hall–Kier alpha value is -2.08. The van der Waals surface area contributed by atoms with E-state index in [9.17, 15) is 0 Å². The van der Waals surface area contributed by atoms with Crippen molar-refractivity contribution in [1.82, 2.24) is 15.0 Å². The summed E-state index contributed by atoms with van der Waals surface area (Å²) in [6, 6.07) is 6.01. The summed E-state index contributed by atoms with van der Waals surface area (Å²) >= 11 is 0. The number of rotatable bonds is 9. The van der Waals surface area contributed by atoms with Gasteiger partial charge in [-0.15, -0.1) is 5.10 Å². The van der Waals surface area contributed by atoms with Gasteiger partial charge >= 0.3 is 0 Å². The fraction of sp³-hybridized carbons (Fsp3) is 0.529. The van der Waals surface area contributed by atoms with Crippen LogP contribution in [0.2, 0.25) is 0 Å². The van der Waals surface area contributed by atoms with E-state index in [1.807, 2.05) is 16.8 Å². The van der Waals surface area contributed by atoms with Crippen molar-refractivity contribution in [3.8, 4) is 11.5 Å². The van der Waals surface area contributed by atoms with Crippen molar-refractivity contribution in [1.29, 1.82) is 0 Å². The van der Waals surface area contributed by atoms with Crippen molar-refractivity contribution in [2.24, 2.45) is 5.73 Å². The van der Waals surface area contributed by atoms with Crippen LogP contribution in [-0.2, 0) is 25.9 Å². The van der Waals surface area contributed by atoms with E-state index >= 15 is 0 Å². The molecular formula is C17H26N4O2. The molecule has 6 nitrogen and oxygen atoms in total. The van der Waals surface area contributed by atoms with Crippen LogP contribution in [0.1, 0.15) is 36.7 Å². The van der Waals surface area contributed by atoms with Gasteiger partial charge in [0.15, 0.2) is 11.5 Å². The molecule has 0 aliphatic heterocycles. The molecule has 0 radical (unpaired) electrons.